The molecule has 0 aliphatic heterocycles. The Morgan fingerprint density at radius 3 is 2.51 bits per heavy atom. The van der Waals surface area contributed by atoms with Gasteiger partial charge >= 0.3 is 12.1 Å². The van der Waals surface area contributed by atoms with Crippen LogP contribution in [0.25, 0.3) is 11.0 Å². The van der Waals surface area contributed by atoms with Gasteiger partial charge in [0.05, 0.1) is 23.4 Å². The molecule has 1 heterocycles. The fourth-order valence-corrected chi connectivity index (χ4v) is 3.61. The number of esters is 1. The van der Waals surface area contributed by atoms with Crippen LogP contribution in [0, 0.1) is 0 Å². The van der Waals surface area contributed by atoms with E-state index in [2.05, 4.69) is 15.3 Å². The van der Waals surface area contributed by atoms with Gasteiger partial charge in [-0.25, -0.2) is 14.6 Å². The molecule has 0 saturated heterocycles. The highest BCUT2D eigenvalue weighted by atomic mass is 16.6. The number of nitrogens with two attached hydrogens (primary N) is 1. The maximum absolute atomic E-state index is 13.7. The monoisotopic (exact) mass is 480 g/mol. The number of unbranched alkanes of at least 4 members (excludes halogenated alkanes) is 1. The number of imidazole rings is 1. The van der Waals surface area contributed by atoms with E-state index in [1.807, 2.05) is 30.3 Å². The summed E-state index contributed by atoms with van der Waals surface area (Å²) >= 11 is 0. The summed E-state index contributed by atoms with van der Waals surface area (Å²) in [4.78, 5) is 46.5. The molecule has 186 valence electrons. The van der Waals surface area contributed by atoms with Crippen molar-refractivity contribution in [2.45, 2.75) is 58.3 Å². The van der Waals surface area contributed by atoms with Gasteiger partial charge in [-0.1, -0.05) is 30.3 Å². The van der Waals surface area contributed by atoms with Crippen LogP contribution in [0.3, 0.4) is 0 Å². The van der Waals surface area contributed by atoms with Crippen molar-refractivity contribution < 1.29 is 23.9 Å². The molecule has 0 saturated carbocycles. The van der Waals surface area contributed by atoms with E-state index >= 15 is 0 Å². The highest BCUT2D eigenvalue weighted by Crippen LogP contribution is 2.25. The number of nitrogens with one attached hydrogen (secondary N) is 2. The van der Waals surface area contributed by atoms with Gasteiger partial charge in [-0.05, 0) is 64.3 Å². The van der Waals surface area contributed by atoms with E-state index in [9.17, 15) is 14.4 Å². The van der Waals surface area contributed by atoms with E-state index < -0.39 is 29.5 Å². The van der Waals surface area contributed by atoms with E-state index in [1.54, 1.807) is 32.9 Å². The lowest BCUT2D eigenvalue weighted by Crippen LogP contribution is -2.42. The number of hydrogen-bond donors (Lipinski definition) is 3. The molecule has 0 aliphatic rings. The maximum atomic E-state index is 13.7. The number of nitrogens with zero attached hydrogens (tertiary/aromatic N) is 1. The zero-order chi connectivity index (χ0) is 25.4. The van der Waals surface area contributed by atoms with Crippen molar-refractivity contribution in [2.24, 2.45) is 5.73 Å². The highest BCUT2D eigenvalue weighted by molar-refractivity contribution is 6.14. The SMILES string of the molecule is CC(C)(C)OC(=O)c1c(C(=O)[C@H](CCCCN)NC(=O)OCc2ccccc2)ccc2[nH]cnc12. The lowest BCUT2D eigenvalue weighted by molar-refractivity contribution is 0.00697. The molecule has 9 heteroatoms. The largest absolute Gasteiger partial charge is 0.456 e. The summed E-state index contributed by atoms with van der Waals surface area (Å²) in [5, 5.41) is 2.67. The van der Waals surface area contributed by atoms with E-state index in [0.29, 0.717) is 36.8 Å². The van der Waals surface area contributed by atoms with Crippen molar-refractivity contribution >= 4 is 28.9 Å². The van der Waals surface area contributed by atoms with Gasteiger partial charge in [0.2, 0.25) is 0 Å². The number of hydrogen-bond acceptors (Lipinski definition) is 7. The third-order valence-electron chi connectivity index (χ3n) is 5.23. The first-order valence-corrected chi connectivity index (χ1v) is 11.6. The molecule has 1 atom stereocenters. The molecule has 9 nitrogen and oxygen atoms in total. The third-order valence-corrected chi connectivity index (χ3v) is 5.23. The second-order valence-corrected chi connectivity index (χ2v) is 9.20. The molecule has 35 heavy (non-hydrogen) atoms. The topological polar surface area (TPSA) is 136 Å². The Bertz CT molecular complexity index is 1170. The molecule has 0 bridgehead atoms. The van der Waals surface area contributed by atoms with E-state index in [-0.39, 0.29) is 17.7 Å². The van der Waals surface area contributed by atoms with Gasteiger partial charge < -0.3 is 25.5 Å². The maximum Gasteiger partial charge on any atom is 0.408 e. The molecule has 0 spiro atoms. The van der Waals surface area contributed by atoms with Gasteiger partial charge in [-0.15, -0.1) is 0 Å². The summed E-state index contributed by atoms with van der Waals surface area (Å²) in [5.74, 6) is -1.09. The minimum atomic E-state index is -0.914. The molecule has 0 aliphatic carbocycles. The minimum absolute atomic E-state index is 0.0620. The summed E-state index contributed by atoms with van der Waals surface area (Å²) in [7, 11) is 0. The van der Waals surface area contributed by atoms with Crippen LogP contribution >= 0.6 is 0 Å². The van der Waals surface area contributed by atoms with Crippen molar-refractivity contribution in [3.05, 3.63) is 65.5 Å². The summed E-state index contributed by atoms with van der Waals surface area (Å²) in [6.07, 6.45) is 2.35. The molecule has 4 N–H and O–H groups in total. The Hall–Kier alpha value is -3.72. The number of fused-ring (bicyclic) bond motifs is 1. The van der Waals surface area contributed by atoms with Crippen molar-refractivity contribution in [1.82, 2.24) is 15.3 Å². The molecular formula is C26H32N4O5. The number of H-pyrrole nitrogens is 1. The quantitative estimate of drug-likeness (QED) is 0.225. The number of aromatic nitrogens is 2. The smallest absolute Gasteiger partial charge is 0.408 e. The molecular weight excluding hydrogens is 448 g/mol. The third kappa shape index (κ3) is 7.13. The van der Waals surface area contributed by atoms with Crippen molar-refractivity contribution in [1.29, 1.82) is 0 Å². The summed E-state index contributed by atoms with van der Waals surface area (Å²) in [6.45, 7) is 5.77. The Balaban J connectivity index is 1.87. The van der Waals surface area contributed by atoms with Gasteiger partial charge in [0, 0.05) is 5.56 Å². The summed E-state index contributed by atoms with van der Waals surface area (Å²) in [5.41, 5.74) is 6.79. The molecule has 3 aromatic rings. The predicted octanol–water partition coefficient (Wildman–Crippen LogP) is 4.12. The number of ketones is 1. The molecule has 1 amide bonds. The summed E-state index contributed by atoms with van der Waals surface area (Å²) in [6, 6.07) is 11.5. The normalized spacial score (nSPS) is 12.2. The predicted molar refractivity (Wildman–Crippen MR) is 132 cm³/mol. The van der Waals surface area contributed by atoms with Crippen LogP contribution in [0.4, 0.5) is 4.79 Å². The molecule has 2 aromatic carbocycles. The number of ether oxygens (including phenoxy) is 2. The van der Waals surface area contributed by atoms with E-state index in [4.69, 9.17) is 15.2 Å². The van der Waals surface area contributed by atoms with Gasteiger partial charge in [0.1, 0.15) is 17.7 Å². The molecule has 1 aromatic heterocycles. The molecule has 0 radical (unpaired) electrons. The van der Waals surface area contributed by atoms with Crippen molar-refractivity contribution in [3.8, 4) is 0 Å². The van der Waals surface area contributed by atoms with E-state index in [0.717, 1.165) is 5.56 Å². The number of alkyl carbamates (subject to hydrolysis) is 1. The number of benzene rings is 2. The molecule has 0 unspecified atom stereocenters. The number of amides is 1. The zero-order valence-electron chi connectivity index (χ0n) is 20.3. The summed E-state index contributed by atoms with van der Waals surface area (Å²) < 4.78 is 10.9. The van der Waals surface area contributed by atoms with Gasteiger partial charge in [0.25, 0.3) is 0 Å². The van der Waals surface area contributed by atoms with Crippen LogP contribution in [0.15, 0.2) is 48.8 Å². The van der Waals surface area contributed by atoms with Crippen LogP contribution in [-0.2, 0) is 16.1 Å². The highest BCUT2D eigenvalue weighted by Gasteiger charge is 2.30. The lowest BCUT2D eigenvalue weighted by Gasteiger charge is -2.22. The number of carbonyl (C=O) groups is 3. The fourth-order valence-electron chi connectivity index (χ4n) is 3.61. The molecule has 3 rings (SSSR count). The average Bonchev–Trinajstić information content (AvgIpc) is 3.29. The van der Waals surface area contributed by atoms with Gasteiger partial charge in [-0.3, -0.25) is 4.79 Å². The molecule has 0 fully saturated rings. The average molecular weight is 481 g/mol. The Kier molecular flexibility index (Phi) is 8.59. The van der Waals surface area contributed by atoms with Crippen LogP contribution in [0.5, 0.6) is 0 Å². The second kappa shape index (κ2) is 11.6. The van der Waals surface area contributed by atoms with Gasteiger partial charge in [-0.2, -0.15) is 0 Å². The number of aromatic amines is 1. The van der Waals surface area contributed by atoms with Crippen LogP contribution < -0.4 is 11.1 Å². The van der Waals surface area contributed by atoms with Crippen molar-refractivity contribution in [2.75, 3.05) is 6.54 Å². The zero-order valence-corrected chi connectivity index (χ0v) is 20.3. The Morgan fingerprint density at radius 2 is 1.83 bits per heavy atom. The van der Waals surface area contributed by atoms with Crippen LogP contribution in [0.1, 0.15) is 66.3 Å². The standard InChI is InChI=1S/C26H32N4O5/c1-26(2,3)35-24(32)21-18(12-13-19-22(21)29-16-28-19)23(31)20(11-7-8-14-27)30-25(33)34-15-17-9-5-4-6-10-17/h4-6,9-10,12-13,16,20H,7-8,11,14-15,27H2,1-3H3,(H,28,29)(H,30,33)/t20-/m0/s1. The first kappa shape index (κ1) is 25.9. The minimum Gasteiger partial charge on any atom is -0.456 e. The van der Waals surface area contributed by atoms with E-state index in [1.165, 1.54) is 6.33 Å². The van der Waals surface area contributed by atoms with Gasteiger partial charge in [0.15, 0.2) is 5.78 Å². The van der Waals surface area contributed by atoms with Crippen LogP contribution in [0.2, 0.25) is 0 Å². The second-order valence-electron chi connectivity index (χ2n) is 9.20. The van der Waals surface area contributed by atoms with Crippen LogP contribution in [-0.4, -0.2) is 46.0 Å². The lowest BCUT2D eigenvalue weighted by atomic mass is 9.94. The first-order valence-electron chi connectivity index (χ1n) is 11.6. The fraction of sp³-hybridized carbons (Fsp3) is 0.385. The Labute approximate surface area is 204 Å². The Morgan fingerprint density at radius 1 is 1.09 bits per heavy atom. The first-order chi connectivity index (χ1) is 16.7. The number of carbonyl (C=O) groups excluding carboxylic acids is 3. The van der Waals surface area contributed by atoms with Crippen molar-refractivity contribution in [3.63, 3.8) is 0 Å². The number of rotatable bonds is 10. The number of Topliss-reactive ketones (excluding diaryl/α,β-unsaturated/α-hetero) is 1.